The Labute approximate surface area is 299 Å². The van der Waals surface area contributed by atoms with Gasteiger partial charge in [-0.3, -0.25) is 5.10 Å². The van der Waals surface area contributed by atoms with Crippen LogP contribution in [0.4, 0.5) is 0 Å². The third-order valence-corrected chi connectivity index (χ3v) is 6.05. The molecule has 0 atom stereocenters. The van der Waals surface area contributed by atoms with E-state index in [0.717, 1.165) is 22.0 Å². The Hall–Kier alpha value is -5.46. The molecular weight excluding hydrogens is 689 g/mol. The third kappa shape index (κ3) is 16.3. The second-order valence-corrected chi connectivity index (χ2v) is 11.2. The molecule has 0 saturated heterocycles. The number of nitrogens with one attached hydrogen (secondary N) is 1. The molecule has 49 heavy (non-hydrogen) atoms. The van der Waals surface area contributed by atoms with Gasteiger partial charge in [0, 0.05) is 44.4 Å². The highest BCUT2D eigenvalue weighted by molar-refractivity contribution is 6.31. The summed E-state index contributed by atoms with van der Waals surface area (Å²) in [7, 11) is 0. The number of benzene rings is 3. The number of terminal acetylenes is 1. The van der Waals surface area contributed by atoms with Crippen molar-refractivity contribution in [3.8, 4) is 41.2 Å². The fourth-order valence-electron chi connectivity index (χ4n) is 3.21. The minimum absolute atomic E-state index is 0.112. The third-order valence-electron chi connectivity index (χ3n) is 5.29. The van der Waals surface area contributed by atoms with Crippen LogP contribution in [0.3, 0.4) is 0 Å². The van der Waals surface area contributed by atoms with Crippen LogP contribution in [0.1, 0.15) is 33.3 Å². The number of aromatic nitrogens is 6. The predicted molar refractivity (Wildman–Crippen MR) is 190 cm³/mol. The zero-order valence-electron chi connectivity index (χ0n) is 26.9. The molecule has 0 aliphatic rings. The zero-order chi connectivity index (χ0) is 36.2. The van der Waals surface area contributed by atoms with Crippen molar-refractivity contribution in [1.82, 2.24) is 29.9 Å². The molecule has 252 valence electrons. The molecule has 0 bridgehead atoms. The van der Waals surface area contributed by atoms with Gasteiger partial charge in [-0.2, -0.15) is 10.4 Å². The number of carbonyl (C=O) groups excluding carboxylic acids is 2. The molecule has 3 aromatic carbocycles. The molecule has 14 heteroatoms. The Morgan fingerprint density at radius 1 is 0.837 bits per heavy atom. The van der Waals surface area contributed by atoms with Crippen LogP contribution in [0, 0.1) is 23.7 Å². The van der Waals surface area contributed by atoms with Gasteiger partial charge in [0.1, 0.15) is 12.7 Å². The first kappa shape index (κ1) is 39.7. The first-order valence-corrected chi connectivity index (χ1v) is 15.5. The van der Waals surface area contributed by atoms with E-state index in [2.05, 4.69) is 30.0 Å². The lowest BCUT2D eigenvalue weighted by atomic mass is 10.2. The van der Waals surface area contributed by atoms with E-state index in [1.54, 1.807) is 64.1 Å². The normalized spacial score (nSPS) is 9.94. The Kier molecular flexibility index (Phi) is 17.4. The Balaban J connectivity index is 0.000000245. The van der Waals surface area contributed by atoms with E-state index >= 15 is 0 Å². The number of nitrogens with zero attached hydrogens (tertiary/aromatic N) is 6. The number of aromatic amines is 1. The van der Waals surface area contributed by atoms with Gasteiger partial charge in [-0.15, -0.1) is 11.5 Å². The lowest BCUT2D eigenvalue weighted by Gasteiger charge is -2.03. The highest BCUT2D eigenvalue weighted by Gasteiger charge is 2.04. The number of H-pyrrole nitrogens is 1. The van der Waals surface area contributed by atoms with E-state index in [1.807, 2.05) is 48.4 Å². The number of carbonyl (C=O) groups is 2. The SMILES string of the molecule is C#CC(=O)OC(C)C.CC(C)OC(=O)/C=C\n1cnc(-c2ccc(Cl)cc2)n1.Clc1ccc(-c2ncn[nH]2)cc1.N#Cc1ccc(Cl)cc1. The molecule has 0 amide bonds. The molecule has 2 heterocycles. The summed E-state index contributed by atoms with van der Waals surface area (Å²) < 4.78 is 10.9. The molecule has 0 saturated carbocycles. The second-order valence-electron chi connectivity index (χ2n) is 9.91. The van der Waals surface area contributed by atoms with Gasteiger partial charge in [-0.1, -0.05) is 34.8 Å². The van der Waals surface area contributed by atoms with Crippen LogP contribution in [0.2, 0.25) is 15.1 Å². The number of hydrogen-bond acceptors (Lipinski definition) is 9. The van der Waals surface area contributed by atoms with Gasteiger partial charge in [-0.05, 0) is 100 Å². The number of hydrogen-bond donors (Lipinski definition) is 1. The summed E-state index contributed by atoms with van der Waals surface area (Å²) in [6, 6.07) is 23.4. The Morgan fingerprint density at radius 3 is 1.82 bits per heavy atom. The van der Waals surface area contributed by atoms with Gasteiger partial charge in [0.05, 0.1) is 23.8 Å². The molecule has 1 N–H and O–H groups in total. The zero-order valence-corrected chi connectivity index (χ0v) is 29.2. The first-order chi connectivity index (χ1) is 23.4. The van der Waals surface area contributed by atoms with E-state index in [9.17, 15) is 9.59 Å². The highest BCUT2D eigenvalue weighted by Crippen LogP contribution is 2.18. The minimum Gasteiger partial charge on any atom is -0.460 e. The van der Waals surface area contributed by atoms with E-state index in [-0.39, 0.29) is 12.2 Å². The molecule has 0 unspecified atom stereocenters. The quantitative estimate of drug-likeness (QED) is 0.0799. The van der Waals surface area contributed by atoms with Crippen molar-refractivity contribution in [2.75, 3.05) is 0 Å². The molecule has 0 aliphatic carbocycles. The molecule has 0 radical (unpaired) electrons. The topological polar surface area (TPSA) is 149 Å². The monoisotopic (exact) mass is 719 g/mol. The van der Waals surface area contributed by atoms with Gasteiger partial charge in [0.15, 0.2) is 11.6 Å². The second kappa shape index (κ2) is 21.4. The van der Waals surface area contributed by atoms with E-state index in [4.69, 9.17) is 51.2 Å². The summed E-state index contributed by atoms with van der Waals surface area (Å²) in [6.45, 7) is 7.07. The summed E-state index contributed by atoms with van der Waals surface area (Å²) in [5.74, 6) is 2.14. The molecular formula is C35H32Cl3N7O4. The van der Waals surface area contributed by atoms with Crippen LogP contribution in [-0.4, -0.2) is 54.1 Å². The number of nitriles is 1. The van der Waals surface area contributed by atoms with Gasteiger partial charge in [-0.25, -0.2) is 24.2 Å². The summed E-state index contributed by atoms with van der Waals surface area (Å²) >= 11 is 17.1. The molecule has 0 fully saturated rings. The van der Waals surface area contributed by atoms with Crippen LogP contribution >= 0.6 is 34.8 Å². The van der Waals surface area contributed by atoms with Crippen LogP contribution in [0.5, 0.6) is 0 Å². The smallest absolute Gasteiger partial charge is 0.384 e. The predicted octanol–water partition coefficient (Wildman–Crippen LogP) is 7.93. The Morgan fingerprint density at radius 2 is 1.37 bits per heavy atom. The molecule has 11 nitrogen and oxygen atoms in total. The fraction of sp³-hybridized carbons (Fsp3) is 0.171. The summed E-state index contributed by atoms with van der Waals surface area (Å²) in [5.41, 5.74) is 2.47. The highest BCUT2D eigenvalue weighted by atomic mass is 35.5. The maximum Gasteiger partial charge on any atom is 0.384 e. The fourth-order valence-corrected chi connectivity index (χ4v) is 3.59. The number of esters is 2. The lowest BCUT2D eigenvalue weighted by molar-refractivity contribution is -0.141. The lowest BCUT2D eigenvalue weighted by Crippen LogP contribution is -2.08. The van der Waals surface area contributed by atoms with Crippen LogP contribution in [-0.2, 0) is 19.1 Å². The largest absolute Gasteiger partial charge is 0.460 e. The summed E-state index contributed by atoms with van der Waals surface area (Å²) in [5, 5.41) is 21.1. The maximum atomic E-state index is 11.4. The van der Waals surface area contributed by atoms with Gasteiger partial charge in [0.25, 0.3) is 0 Å². The molecule has 5 aromatic rings. The molecule has 5 rings (SSSR count). The number of ether oxygens (including phenoxy) is 2. The molecule has 2 aromatic heterocycles. The van der Waals surface area contributed by atoms with E-state index < -0.39 is 11.9 Å². The van der Waals surface area contributed by atoms with Gasteiger partial charge < -0.3 is 9.47 Å². The molecule has 0 aliphatic heterocycles. The van der Waals surface area contributed by atoms with Crippen molar-refractivity contribution in [3.63, 3.8) is 0 Å². The van der Waals surface area contributed by atoms with Crippen LogP contribution < -0.4 is 0 Å². The molecule has 0 spiro atoms. The van der Waals surface area contributed by atoms with Gasteiger partial charge in [0.2, 0.25) is 0 Å². The average molecular weight is 721 g/mol. The van der Waals surface area contributed by atoms with E-state index in [0.29, 0.717) is 21.4 Å². The average Bonchev–Trinajstić information content (AvgIpc) is 3.79. The van der Waals surface area contributed by atoms with Crippen molar-refractivity contribution in [2.45, 2.75) is 39.9 Å². The van der Waals surface area contributed by atoms with Crippen molar-refractivity contribution in [1.29, 1.82) is 5.26 Å². The van der Waals surface area contributed by atoms with Crippen molar-refractivity contribution < 1.29 is 19.1 Å². The van der Waals surface area contributed by atoms with Crippen molar-refractivity contribution in [3.05, 3.63) is 112 Å². The van der Waals surface area contributed by atoms with Crippen molar-refractivity contribution in [2.24, 2.45) is 0 Å². The van der Waals surface area contributed by atoms with Crippen LogP contribution in [0.25, 0.3) is 29.0 Å². The Bertz CT molecular complexity index is 1840. The minimum atomic E-state index is -0.597. The first-order valence-electron chi connectivity index (χ1n) is 14.4. The van der Waals surface area contributed by atoms with E-state index in [1.165, 1.54) is 29.6 Å². The standard InChI is InChI=1S/C14H14ClN3O2.C8H6ClN3.C7H4ClN.C6H8O2/c1-10(2)20-13(19)7-8-18-9-16-14(17-18)11-3-5-12(15)6-4-11;9-7-3-1-6(2-4-7)8-10-5-11-12-8;8-7-3-1-6(5-9)2-4-7;1-4-6(7)8-5(2)3/h3-10H,1-2H3;1-5H,(H,10,11,12);1-4H;1,5H,2-3H3/b8-7-;;;. The van der Waals surface area contributed by atoms with Crippen LogP contribution in [0.15, 0.2) is 91.5 Å². The maximum absolute atomic E-state index is 11.4. The van der Waals surface area contributed by atoms with Crippen molar-refractivity contribution >= 4 is 52.9 Å². The summed E-state index contributed by atoms with van der Waals surface area (Å²) in [6.07, 6.45) is 10.2. The number of halogens is 3. The van der Waals surface area contributed by atoms with Gasteiger partial charge >= 0.3 is 11.9 Å². The number of rotatable bonds is 6. The summed E-state index contributed by atoms with van der Waals surface area (Å²) in [4.78, 5) is 29.7.